The molecule has 1 nitrogen and oxygen atoms in total. The molecule has 0 aliphatic heterocycles. The van der Waals surface area contributed by atoms with Crippen molar-refractivity contribution < 1.29 is 0 Å². The van der Waals surface area contributed by atoms with Crippen LogP contribution in [0.1, 0.15) is 36.8 Å². The summed E-state index contributed by atoms with van der Waals surface area (Å²) in [5.74, 6) is 0. The molecule has 0 unspecified atom stereocenters. The Hall–Kier alpha value is -0.820. The predicted molar refractivity (Wildman–Crippen MR) is 65.3 cm³/mol. The van der Waals surface area contributed by atoms with Gasteiger partial charge in [-0.2, -0.15) is 0 Å². The van der Waals surface area contributed by atoms with Gasteiger partial charge in [0.1, 0.15) is 0 Å². The van der Waals surface area contributed by atoms with Crippen LogP contribution in [0.15, 0.2) is 24.3 Å². The number of rotatable bonds is 3. The van der Waals surface area contributed by atoms with Crippen molar-refractivity contribution in [2.24, 2.45) is 0 Å². The van der Waals surface area contributed by atoms with E-state index in [1.807, 2.05) is 0 Å². The lowest BCUT2D eigenvalue weighted by atomic mass is 9.78. The largest absolute Gasteiger partial charge is 0.319 e. The quantitative estimate of drug-likeness (QED) is 0.796. The highest BCUT2D eigenvalue weighted by molar-refractivity contribution is 5.30. The summed E-state index contributed by atoms with van der Waals surface area (Å²) in [5, 5.41) is 3.36. The molecule has 1 fully saturated rings. The van der Waals surface area contributed by atoms with Crippen LogP contribution < -0.4 is 5.32 Å². The summed E-state index contributed by atoms with van der Waals surface area (Å²) >= 11 is 0. The van der Waals surface area contributed by atoms with Gasteiger partial charge in [0.15, 0.2) is 0 Å². The Kier molecular flexibility index (Phi) is 3.11. The topological polar surface area (TPSA) is 12.0 Å². The van der Waals surface area contributed by atoms with Gasteiger partial charge in [0, 0.05) is 12.0 Å². The fourth-order valence-corrected chi connectivity index (χ4v) is 2.86. The van der Waals surface area contributed by atoms with Crippen LogP contribution >= 0.6 is 0 Å². The van der Waals surface area contributed by atoms with Gasteiger partial charge >= 0.3 is 0 Å². The molecule has 1 aromatic carbocycles. The molecule has 0 bridgehead atoms. The van der Waals surface area contributed by atoms with Gasteiger partial charge in [-0.1, -0.05) is 42.7 Å². The fourth-order valence-electron chi connectivity index (χ4n) is 2.86. The molecule has 0 atom stereocenters. The number of hydrogen-bond acceptors (Lipinski definition) is 1. The zero-order valence-corrected chi connectivity index (χ0v) is 9.84. The molecule has 82 valence electrons. The van der Waals surface area contributed by atoms with Gasteiger partial charge in [0.25, 0.3) is 0 Å². The molecule has 0 radical (unpaired) electrons. The van der Waals surface area contributed by atoms with E-state index in [4.69, 9.17) is 0 Å². The van der Waals surface area contributed by atoms with E-state index in [1.165, 1.54) is 36.8 Å². The van der Waals surface area contributed by atoms with E-state index in [0.29, 0.717) is 5.41 Å². The highest BCUT2D eigenvalue weighted by atomic mass is 14.8. The minimum atomic E-state index is 0.419. The first-order chi connectivity index (χ1) is 7.27. The first-order valence-electron chi connectivity index (χ1n) is 5.99. The Morgan fingerprint density at radius 3 is 2.27 bits per heavy atom. The molecule has 15 heavy (non-hydrogen) atoms. The van der Waals surface area contributed by atoms with Crippen molar-refractivity contribution >= 4 is 0 Å². The Morgan fingerprint density at radius 1 is 1.13 bits per heavy atom. The molecular weight excluding hydrogens is 182 g/mol. The minimum absolute atomic E-state index is 0.419. The Bertz CT molecular complexity index is 307. The number of nitrogens with one attached hydrogen (secondary N) is 1. The molecular formula is C14H21N. The van der Waals surface area contributed by atoms with Crippen LogP contribution in [-0.4, -0.2) is 13.6 Å². The van der Waals surface area contributed by atoms with E-state index in [-0.39, 0.29) is 0 Å². The molecule has 1 heteroatoms. The molecule has 0 saturated heterocycles. The van der Waals surface area contributed by atoms with E-state index in [0.717, 1.165) is 6.54 Å². The normalized spacial score (nSPS) is 19.3. The second-order valence-corrected chi connectivity index (χ2v) is 4.88. The van der Waals surface area contributed by atoms with Crippen LogP contribution in [0.3, 0.4) is 0 Å². The lowest BCUT2D eigenvalue weighted by molar-refractivity contribution is 0.421. The smallest absolute Gasteiger partial charge is 0.00776 e. The number of benzene rings is 1. The minimum Gasteiger partial charge on any atom is -0.319 e. The molecule has 1 N–H and O–H groups in total. The van der Waals surface area contributed by atoms with Crippen LogP contribution in [0.5, 0.6) is 0 Å². The molecule has 1 aliphatic rings. The van der Waals surface area contributed by atoms with Crippen LogP contribution in [0.4, 0.5) is 0 Å². The van der Waals surface area contributed by atoms with E-state index in [9.17, 15) is 0 Å². The summed E-state index contributed by atoms with van der Waals surface area (Å²) in [4.78, 5) is 0. The monoisotopic (exact) mass is 203 g/mol. The summed E-state index contributed by atoms with van der Waals surface area (Å²) in [5.41, 5.74) is 3.30. The fraction of sp³-hybridized carbons (Fsp3) is 0.571. The molecule has 0 aromatic heterocycles. The summed E-state index contributed by atoms with van der Waals surface area (Å²) in [7, 11) is 2.06. The van der Waals surface area contributed by atoms with E-state index in [2.05, 4.69) is 43.6 Å². The van der Waals surface area contributed by atoms with Gasteiger partial charge in [0.05, 0.1) is 0 Å². The Labute approximate surface area is 92.9 Å². The third-order valence-electron chi connectivity index (χ3n) is 3.74. The van der Waals surface area contributed by atoms with Gasteiger partial charge in [-0.3, -0.25) is 0 Å². The Balaban J connectivity index is 2.28. The van der Waals surface area contributed by atoms with Crippen LogP contribution in [0.2, 0.25) is 0 Å². The van der Waals surface area contributed by atoms with Gasteiger partial charge in [-0.05, 0) is 32.4 Å². The molecule has 0 heterocycles. The zero-order valence-electron chi connectivity index (χ0n) is 9.84. The molecule has 1 aliphatic carbocycles. The standard InChI is InChI=1S/C14H21N/c1-12-5-7-13(8-6-12)14(11-15-2)9-3-4-10-14/h5-8,15H,3-4,9-11H2,1-2H3. The first-order valence-corrected chi connectivity index (χ1v) is 5.99. The third-order valence-corrected chi connectivity index (χ3v) is 3.74. The highest BCUT2D eigenvalue weighted by Gasteiger charge is 2.34. The third kappa shape index (κ3) is 2.07. The summed E-state index contributed by atoms with van der Waals surface area (Å²) < 4.78 is 0. The van der Waals surface area contributed by atoms with Crippen LogP contribution in [0.25, 0.3) is 0 Å². The second-order valence-electron chi connectivity index (χ2n) is 4.88. The highest BCUT2D eigenvalue weighted by Crippen LogP contribution is 2.40. The zero-order chi connectivity index (χ0) is 10.7. The van der Waals surface area contributed by atoms with Gasteiger partial charge < -0.3 is 5.32 Å². The molecule has 1 aromatic rings. The van der Waals surface area contributed by atoms with Crippen LogP contribution in [0, 0.1) is 6.92 Å². The lowest BCUT2D eigenvalue weighted by Crippen LogP contribution is -2.34. The van der Waals surface area contributed by atoms with Crippen molar-refractivity contribution in [3.05, 3.63) is 35.4 Å². The van der Waals surface area contributed by atoms with Crippen molar-refractivity contribution in [1.82, 2.24) is 5.32 Å². The average Bonchev–Trinajstić information content (AvgIpc) is 2.69. The number of hydrogen-bond donors (Lipinski definition) is 1. The first kappa shape index (κ1) is 10.7. The Morgan fingerprint density at radius 2 is 1.73 bits per heavy atom. The van der Waals surface area contributed by atoms with E-state index in [1.54, 1.807) is 0 Å². The van der Waals surface area contributed by atoms with Crippen molar-refractivity contribution in [3.8, 4) is 0 Å². The SMILES string of the molecule is CNCC1(c2ccc(C)cc2)CCCC1. The van der Waals surface area contributed by atoms with Crippen molar-refractivity contribution in [2.75, 3.05) is 13.6 Å². The molecule has 2 rings (SSSR count). The predicted octanol–water partition coefficient (Wildman–Crippen LogP) is 3.03. The van der Waals surface area contributed by atoms with Gasteiger partial charge in [-0.25, -0.2) is 0 Å². The van der Waals surface area contributed by atoms with Gasteiger partial charge in [0.2, 0.25) is 0 Å². The second kappa shape index (κ2) is 4.36. The molecule has 1 saturated carbocycles. The van der Waals surface area contributed by atoms with Gasteiger partial charge in [-0.15, -0.1) is 0 Å². The number of aryl methyl sites for hydroxylation is 1. The molecule has 0 spiro atoms. The molecule has 0 amide bonds. The van der Waals surface area contributed by atoms with Crippen LogP contribution in [-0.2, 0) is 5.41 Å². The summed E-state index contributed by atoms with van der Waals surface area (Å²) in [6.45, 7) is 3.28. The van der Waals surface area contributed by atoms with Crippen molar-refractivity contribution in [2.45, 2.75) is 38.0 Å². The number of likely N-dealkylation sites (N-methyl/N-ethyl adjacent to an activating group) is 1. The van der Waals surface area contributed by atoms with Crippen molar-refractivity contribution in [1.29, 1.82) is 0 Å². The lowest BCUT2D eigenvalue weighted by Gasteiger charge is -2.29. The average molecular weight is 203 g/mol. The van der Waals surface area contributed by atoms with Crippen molar-refractivity contribution in [3.63, 3.8) is 0 Å². The summed E-state index contributed by atoms with van der Waals surface area (Å²) in [6.07, 6.45) is 5.46. The van der Waals surface area contributed by atoms with E-state index < -0.39 is 0 Å². The van der Waals surface area contributed by atoms with E-state index >= 15 is 0 Å². The maximum Gasteiger partial charge on any atom is 0.00776 e. The maximum atomic E-state index is 3.36. The maximum absolute atomic E-state index is 3.36. The summed E-state index contributed by atoms with van der Waals surface area (Å²) in [6, 6.07) is 9.12.